The van der Waals surface area contributed by atoms with E-state index in [4.69, 9.17) is 0 Å². The van der Waals surface area contributed by atoms with Crippen LogP contribution in [0.15, 0.2) is 54.4 Å². The van der Waals surface area contributed by atoms with Crippen molar-refractivity contribution in [2.75, 3.05) is 23.3 Å². The van der Waals surface area contributed by atoms with E-state index in [1.807, 2.05) is 46.7 Å². The van der Waals surface area contributed by atoms with Crippen molar-refractivity contribution in [3.63, 3.8) is 0 Å². The minimum atomic E-state index is -0.0512. The number of carbonyl (C=O) groups excluding carboxylic acids is 1. The van der Waals surface area contributed by atoms with Crippen molar-refractivity contribution in [2.24, 2.45) is 0 Å². The van der Waals surface area contributed by atoms with E-state index in [0.29, 0.717) is 26.2 Å². The van der Waals surface area contributed by atoms with Gasteiger partial charge < -0.3 is 10.6 Å². The predicted molar refractivity (Wildman–Crippen MR) is 114 cm³/mol. The third kappa shape index (κ3) is 3.87. The Kier molecular flexibility index (Phi) is 4.85. The van der Waals surface area contributed by atoms with Crippen LogP contribution in [0.25, 0.3) is 11.3 Å². The minimum Gasteiger partial charge on any atom is -0.336 e. The zero-order valence-corrected chi connectivity index (χ0v) is 16.8. The van der Waals surface area contributed by atoms with Gasteiger partial charge in [-0.2, -0.15) is 5.10 Å². The van der Waals surface area contributed by atoms with Gasteiger partial charge in [0.05, 0.1) is 36.9 Å². The minimum absolute atomic E-state index is 0.0512. The molecule has 0 bridgehead atoms. The van der Waals surface area contributed by atoms with Crippen LogP contribution in [0.3, 0.4) is 0 Å². The molecule has 1 aromatic carbocycles. The molecule has 1 aliphatic rings. The van der Waals surface area contributed by atoms with Crippen LogP contribution < -0.4 is 15.5 Å². The number of hydrogen-bond acceptors (Lipinski definition) is 7. The highest BCUT2D eigenvalue weighted by atomic mass is 32.1. The maximum absolute atomic E-state index is 11.8. The first-order chi connectivity index (χ1) is 14.7. The molecule has 1 saturated heterocycles. The maximum atomic E-state index is 11.8. The number of thiazole rings is 1. The van der Waals surface area contributed by atoms with E-state index in [1.165, 1.54) is 11.3 Å². The monoisotopic (exact) mass is 421 g/mol. The van der Waals surface area contributed by atoms with Crippen molar-refractivity contribution >= 4 is 33.9 Å². The molecule has 0 aliphatic carbocycles. The summed E-state index contributed by atoms with van der Waals surface area (Å²) < 4.78 is 3.62. The Morgan fingerprint density at radius 2 is 2.03 bits per heavy atom. The van der Waals surface area contributed by atoms with Crippen LogP contribution in [0, 0.1) is 0 Å². The van der Waals surface area contributed by atoms with Crippen LogP contribution in [0.5, 0.6) is 0 Å². The third-order valence-electron chi connectivity index (χ3n) is 4.75. The summed E-state index contributed by atoms with van der Waals surface area (Å²) in [6, 6.07) is 7.83. The van der Waals surface area contributed by atoms with Crippen LogP contribution >= 0.6 is 11.3 Å². The summed E-state index contributed by atoms with van der Waals surface area (Å²) >= 11 is 1.53. The van der Waals surface area contributed by atoms with E-state index in [2.05, 4.69) is 31.0 Å². The molecule has 30 heavy (non-hydrogen) atoms. The van der Waals surface area contributed by atoms with Crippen molar-refractivity contribution in [3.8, 4) is 11.3 Å². The lowest BCUT2D eigenvalue weighted by atomic mass is 10.1. The van der Waals surface area contributed by atoms with Gasteiger partial charge in [0, 0.05) is 42.1 Å². The molecule has 0 radical (unpaired) electrons. The van der Waals surface area contributed by atoms with Crippen LogP contribution in [0.2, 0.25) is 0 Å². The SMILES string of the molecule is O=C1NCCN1c1ccc(-c2csc(Nc3cnn(CCn4ccnn4)c3)n2)cc1. The van der Waals surface area contributed by atoms with Crippen molar-refractivity contribution in [1.29, 1.82) is 0 Å². The fourth-order valence-corrected chi connectivity index (χ4v) is 3.96. The Labute approximate surface area is 176 Å². The molecule has 1 fully saturated rings. The number of urea groups is 1. The van der Waals surface area contributed by atoms with Gasteiger partial charge in [-0.05, 0) is 12.1 Å². The highest BCUT2D eigenvalue weighted by Crippen LogP contribution is 2.28. The molecule has 11 heteroatoms. The summed E-state index contributed by atoms with van der Waals surface area (Å²) in [5.74, 6) is 0. The van der Waals surface area contributed by atoms with Gasteiger partial charge in [0.1, 0.15) is 0 Å². The van der Waals surface area contributed by atoms with Crippen molar-refractivity contribution in [3.05, 3.63) is 54.4 Å². The molecular weight excluding hydrogens is 402 g/mol. The molecule has 1 aliphatic heterocycles. The van der Waals surface area contributed by atoms with E-state index in [9.17, 15) is 4.79 Å². The zero-order valence-electron chi connectivity index (χ0n) is 16.0. The average molecular weight is 421 g/mol. The fraction of sp³-hybridized carbons (Fsp3) is 0.211. The standard InChI is InChI=1S/C19H19N9OS/c29-19-20-5-8-28(19)16-3-1-14(2-4-16)17-13-30-18(24-17)23-15-11-22-27(12-15)10-9-26-7-6-21-25-26/h1-4,6-7,11-13H,5,8-10H2,(H,20,29)(H,23,24). The maximum Gasteiger partial charge on any atom is 0.321 e. The van der Waals surface area contributed by atoms with Crippen LogP contribution in [-0.2, 0) is 13.1 Å². The quantitative estimate of drug-likeness (QED) is 0.475. The smallest absolute Gasteiger partial charge is 0.321 e. The van der Waals surface area contributed by atoms with Gasteiger partial charge in [0.15, 0.2) is 5.13 Å². The van der Waals surface area contributed by atoms with Gasteiger partial charge in [-0.25, -0.2) is 9.78 Å². The van der Waals surface area contributed by atoms with Crippen LogP contribution in [0.1, 0.15) is 0 Å². The van der Waals surface area contributed by atoms with Gasteiger partial charge >= 0.3 is 6.03 Å². The van der Waals surface area contributed by atoms with Gasteiger partial charge in [-0.15, -0.1) is 16.4 Å². The summed E-state index contributed by atoms with van der Waals surface area (Å²) in [5.41, 5.74) is 3.66. The van der Waals surface area contributed by atoms with Crippen molar-refractivity contribution < 1.29 is 4.79 Å². The normalized spacial score (nSPS) is 13.6. The van der Waals surface area contributed by atoms with Gasteiger partial charge in [-0.3, -0.25) is 14.3 Å². The lowest BCUT2D eigenvalue weighted by molar-refractivity contribution is 0.252. The molecule has 2 N–H and O–H groups in total. The number of anilines is 3. The Bertz CT molecular complexity index is 1130. The molecule has 0 saturated carbocycles. The van der Waals surface area contributed by atoms with Crippen molar-refractivity contribution in [2.45, 2.75) is 13.1 Å². The summed E-state index contributed by atoms with van der Waals surface area (Å²) in [7, 11) is 0. The predicted octanol–water partition coefficient (Wildman–Crippen LogP) is 2.57. The first kappa shape index (κ1) is 18.3. The molecule has 4 aromatic rings. The number of benzene rings is 1. The van der Waals surface area contributed by atoms with E-state index in [0.717, 1.165) is 27.8 Å². The largest absolute Gasteiger partial charge is 0.336 e. The second-order valence-electron chi connectivity index (χ2n) is 6.75. The third-order valence-corrected chi connectivity index (χ3v) is 5.51. The molecular formula is C19H19N9OS. The van der Waals surface area contributed by atoms with Gasteiger partial charge in [0.2, 0.25) is 0 Å². The van der Waals surface area contributed by atoms with Gasteiger partial charge in [-0.1, -0.05) is 17.3 Å². The first-order valence-corrected chi connectivity index (χ1v) is 10.4. The Morgan fingerprint density at radius 3 is 2.80 bits per heavy atom. The van der Waals surface area contributed by atoms with Crippen molar-refractivity contribution in [1.82, 2.24) is 35.1 Å². The second kappa shape index (κ2) is 7.95. The first-order valence-electron chi connectivity index (χ1n) is 9.49. The Morgan fingerprint density at radius 1 is 1.17 bits per heavy atom. The number of aryl methyl sites for hydroxylation is 2. The lowest BCUT2D eigenvalue weighted by Gasteiger charge is -2.14. The number of nitrogens with one attached hydrogen (secondary N) is 2. The summed E-state index contributed by atoms with van der Waals surface area (Å²) in [4.78, 5) is 18.2. The highest BCUT2D eigenvalue weighted by molar-refractivity contribution is 7.14. The number of hydrogen-bond donors (Lipinski definition) is 2. The van der Waals surface area contributed by atoms with E-state index in [1.54, 1.807) is 22.0 Å². The number of rotatable bonds is 7. The summed E-state index contributed by atoms with van der Waals surface area (Å²) in [6.45, 7) is 2.78. The molecule has 4 heterocycles. The molecule has 3 aromatic heterocycles. The molecule has 10 nitrogen and oxygen atoms in total. The summed E-state index contributed by atoms with van der Waals surface area (Å²) in [6.07, 6.45) is 7.20. The number of amides is 2. The number of carbonyl (C=O) groups is 1. The Balaban J connectivity index is 1.22. The average Bonchev–Trinajstić information content (AvgIpc) is 3.56. The van der Waals surface area contributed by atoms with E-state index >= 15 is 0 Å². The fourth-order valence-electron chi connectivity index (χ4n) is 3.22. The van der Waals surface area contributed by atoms with E-state index < -0.39 is 0 Å². The number of aromatic nitrogens is 6. The van der Waals surface area contributed by atoms with Crippen LogP contribution in [0.4, 0.5) is 21.3 Å². The molecule has 0 unspecified atom stereocenters. The molecule has 5 rings (SSSR count). The van der Waals surface area contributed by atoms with E-state index in [-0.39, 0.29) is 6.03 Å². The molecule has 2 amide bonds. The zero-order chi connectivity index (χ0) is 20.3. The topological polar surface area (TPSA) is 106 Å². The molecule has 0 spiro atoms. The Hall–Kier alpha value is -3.73. The molecule has 0 atom stereocenters. The molecule has 152 valence electrons. The lowest BCUT2D eigenvalue weighted by Crippen LogP contribution is -2.27. The number of nitrogens with zero attached hydrogens (tertiary/aromatic N) is 7. The highest BCUT2D eigenvalue weighted by Gasteiger charge is 2.20. The summed E-state index contributed by atoms with van der Waals surface area (Å²) in [5, 5.41) is 21.0. The van der Waals surface area contributed by atoms with Crippen LogP contribution in [-0.4, -0.2) is 48.9 Å². The second-order valence-corrected chi connectivity index (χ2v) is 7.61. The van der Waals surface area contributed by atoms with Gasteiger partial charge in [0.25, 0.3) is 0 Å².